The van der Waals surface area contributed by atoms with Gasteiger partial charge in [0.25, 0.3) is 0 Å². The summed E-state index contributed by atoms with van der Waals surface area (Å²) in [5.41, 5.74) is 1.08. The van der Waals surface area contributed by atoms with Gasteiger partial charge in [-0.2, -0.15) is 0 Å². The highest BCUT2D eigenvalue weighted by atomic mass is 16.5. The average Bonchev–Trinajstić information content (AvgIpc) is 2.94. The van der Waals surface area contributed by atoms with E-state index >= 15 is 0 Å². The molecular formula is C19H31N5O2. The van der Waals surface area contributed by atoms with Crippen LogP contribution in [-0.4, -0.2) is 83.0 Å². The van der Waals surface area contributed by atoms with Crippen molar-refractivity contribution in [1.29, 1.82) is 0 Å². The van der Waals surface area contributed by atoms with Crippen molar-refractivity contribution in [2.45, 2.75) is 45.2 Å². The number of methoxy groups -OCH3 is 1. The number of aromatic nitrogens is 2. The van der Waals surface area contributed by atoms with Gasteiger partial charge in [0.2, 0.25) is 5.91 Å². The molecule has 1 aromatic rings. The lowest BCUT2D eigenvalue weighted by atomic mass is 10.1. The molecule has 1 atom stereocenters. The van der Waals surface area contributed by atoms with E-state index in [9.17, 15) is 4.79 Å². The monoisotopic (exact) mass is 361 g/mol. The number of piperidine rings is 1. The number of carbonyl (C=O) groups excluding carboxylic acids is 1. The maximum Gasteiger partial charge on any atom is 0.316 e. The van der Waals surface area contributed by atoms with Crippen LogP contribution in [0.25, 0.3) is 0 Å². The van der Waals surface area contributed by atoms with Crippen LogP contribution in [0.1, 0.15) is 38.2 Å². The Bertz CT molecular complexity index is 574. The highest BCUT2D eigenvalue weighted by Crippen LogP contribution is 2.15. The molecule has 2 fully saturated rings. The fourth-order valence-corrected chi connectivity index (χ4v) is 3.86. The molecule has 1 unspecified atom stereocenters. The number of carbonyl (C=O) groups is 1. The van der Waals surface area contributed by atoms with E-state index in [0.29, 0.717) is 11.9 Å². The molecule has 2 aliphatic rings. The first-order valence-corrected chi connectivity index (χ1v) is 9.77. The predicted octanol–water partition coefficient (Wildman–Crippen LogP) is 1.39. The highest BCUT2D eigenvalue weighted by molar-refractivity contribution is 5.81. The molecule has 3 heterocycles. The van der Waals surface area contributed by atoms with Gasteiger partial charge < -0.3 is 9.64 Å². The average molecular weight is 361 g/mol. The minimum absolute atomic E-state index is 0.0110. The van der Waals surface area contributed by atoms with E-state index in [1.165, 1.54) is 19.3 Å². The van der Waals surface area contributed by atoms with Crippen molar-refractivity contribution < 1.29 is 9.53 Å². The van der Waals surface area contributed by atoms with Crippen LogP contribution in [-0.2, 0) is 11.3 Å². The lowest BCUT2D eigenvalue weighted by Crippen LogP contribution is -2.49. The summed E-state index contributed by atoms with van der Waals surface area (Å²) in [5.74, 6) is 0.293. The predicted molar refractivity (Wildman–Crippen MR) is 99.9 cm³/mol. The Labute approximate surface area is 156 Å². The Morgan fingerprint density at radius 1 is 1.04 bits per heavy atom. The van der Waals surface area contributed by atoms with Crippen molar-refractivity contribution in [1.82, 2.24) is 24.7 Å². The minimum Gasteiger partial charge on any atom is -0.467 e. The van der Waals surface area contributed by atoms with Crippen LogP contribution in [0, 0.1) is 0 Å². The Hall–Kier alpha value is -1.73. The minimum atomic E-state index is 0.0110. The molecular weight excluding hydrogens is 330 g/mol. The zero-order chi connectivity index (χ0) is 18.4. The number of amides is 1. The molecule has 7 heteroatoms. The molecule has 0 spiro atoms. The Balaban J connectivity index is 1.51. The third kappa shape index (κ3) is 4.92. The van der Waals surface area contributed by atoms with E-state index < -0.39 is 0 Å². The first-order chi connectivity index (χ1) is 12.7. The maximum atomic E-state index is 12.9. The topological polar surface area (TPSA) is 61.8 Å². The summed E-state index contributed by atoms with van der Waals surface area (Å²) >= 11 is 0. The van der Waals surface area contributed by atoms with Gasteiger partial charge in [-0.05, 0) is 39.3 Å². The highest BCUT2D eigenvalue weighted by Gasteiger charge is 2.28. The molecule has 0 bridgehead atoms. The quantitative estimate of drug-likeness (QED) is 0.790. The normalized spacial score (nSPS) is 21.2. The lowest BCUT2D eigenvalue weighted by Gasteiger charge is -2.34. The molecule has 2 aliphatic heterocycles. The molecule has 2 saturated heterocycles. The first kappa shape index (κ1) is 19.0. The zero-order valence-electron chi connectivity index (χ0n) is 16.1. The molecule has 0 radical (unpaired) electrons. The molecule has 0 saturated carbocycles. The SMILES string of the molecule is COc1ncc(CN2CCCN(C(=O)C(C)N3CCCCC3)CC2)cn1. The summed E-state index contributed by atoms with van der Waals surface area (Å²) in [6.45, 7) is 8.55. The van der Waals surface area contributed by atoms with Crippen molar-refractivity contribution in [2.75, 3.05) is 46.4 Å². The molecule has 0 N–H and O–H groups in total. The largest absolute Gasteiger partial charge is 0.467 e. The summed E-state index contributed by atoms with van der Waals surface area (Å²) in [6, 6.07) is 0.407. The Morgan fingerprint density at radius 2 is 1.77 bits per heavy atom. The summed E-state index contributed by atoms with van der Waals surface area (Å²) in [4.78, 5) is 28.1. The van der Waals surface area contributed by atoms with Gasteiger partial charge in [-0.1, -0.05) is 6.42 Å². The second-order valence-electron chi connectivity index (χ2n) is 7.31. The van der Waals surface area contributed by atoms with Gasteiger partial charge in [0, 0.05) is 50.7 Å². The fourth-order valence-electron chi connectivity index (χ4n) is 3.86. The van der Waals surface area contributed by atoms with Gasteiger partial charge in [-0.25, -0.2) is 9.97 Å². The molecule has 0 aliphatic carbocycles. The van der Waals surface area contributed by atoms with E-state index in [0.717, 1.165) is 57.8 Å². The van der Waals surface area contributed by atoms with E-state index in [2.05, 4.69) is 31.6 Å². The van der Waals surface area contributed by atoms with E-state index in [4.69, 9.17) is 4.74 Å². The number of ether oxygens (including phenoxy) is 1. The van der Waals surface area contributed by atoms with Crippen LogP contribution in [0.3, 0.4) is 0 Å². The third-order valence-electron chi connectivity index (χ3n) is 5.47. The third-order valence-corrected chi connectivity index (χ3v) is 5.47. The van der Waals surface area contributed by atoms with Gasteiger partial charge >= 0.3 is 6.01 Å². The maximum absolute atomic E-state index is 12.9. The second-order valence-corrected chi connectivity index (χ2v) is 7.31. The van der Waals surface area contributed by atoms with Crippen molar-refractivity contribution >= 4 is 5.91 Å². The Kier molecular flexibility index (Phi) is 6.80. The molecule has 1 aromatic heterocycles. The van der Waals surface area contributed by atoms with Gasteiger partial charge in [0.15, 0.2) is 0 Å². The second kappa shape index (κ2) is 9.28. The van der Waals surface area contributed by atoms with Crippen molar-refractivity contribution in [3.05, 3.63) is 18.0 Å². The fraction of sp³-hybridized carbons (Fsp3) is 0.737. The van der Waals surface area contributed by atoms with Gasteiger partial charge in [0.05, 0.1) is 13.2 Å². The summed E-state index contributed by atoms with van der Waals surface area (Å²) in [7, 11) is 1.57. The van der Waals surface area contributed by atoms with E-state index in [1.54, 1.807) is 7.11 Å². The summed E-state index contributed by atoms with van der Waals surface area (Å²) < 4.78 is 5.01. The van der Waals surface area contributed by atoms with Crippen LogP contribution >= 0.6 is 0 Å². The van der Waals surface area contributed by atoms with Crippen molar-refractivity contribution in [3.8, 4) is 6.01 Å². The zero-order valence-corrected chi connectivity index (χ0v) is 16.1. The standard InChI is InChI=1S/C19H31N5O2/c1-16(23-8-4-3-5-9-23)18(25)24-10-6-7-22(11-12-24)15-17-13-20-19(26-2)21-14-17/h13-14,16H,3-12,15H2,1-2H3. The number of hydrogen-bond donors (Lipinski definition) is 0. The number of hydrogen-bond acceptors (Lipinski definition) is 6. The molecule has 144 valence electrons. The lowest BCUT2D eigenvalue weighted by molar-refractivity contribution is -0.136. The molecule has 7 nitrogen and oxygen atoms in total. The van der Waals surface area contributed by atoms with Crippen LogP contribution in [0.5, 0.6) is 6.01 Å². The van der Waals surface area contributed by atoms with Gasteiger partial charge in [-0.15, -0.1) is 0 Å². The molecule has 0 aromatic carbocycles. The summed E-state index contributed by atoms with van der Waals surface area (Å²) in [5, 5.41) is 0. The molecule has 26 heavy (non-hydrogen) atoms. The molecule has 3 rings (SSSR count). The van der Waals surface area contributed by atoms with E-state index in [1.807, 2.05) is 12.4 Å². The van der Waals surface area contributed by atoms with E-state index in [-0.39, 0.29) is 6.04 Å². The summed E-state index contributed by atoms with van der Waals surface area (Å²) in [6.07, 6.45) is 8.38. The van der Waals surface area contributed by atoms with Crippen molar-refractivity contribution in [2.24, 2.45) is 0 Å². The van der Waals surface area contributed by atoms with Gasteiger partial charge in [-0.3, -0.25) is 14.6 Å². The number of rotatable bonds is 5. The van der Waals surface area contributed by atoms with Crippen LogP contribution in [0.2, 0.25) is 0 Å². The smallest absolute Gasteiger partial charge is 0.316 e. The van der Waals surface area contributed by atoms with Crippen molar-refractivity contribution in [3.63, 3.8) is 0 Å². The first-order valence-electron chi connectivity index (χ1n) is 9.77. The molecule has 1 amide bonds. The van der Waals surface area contributed by atoms with Crippen LogP contribution in [0.4, 0.5) is 0 Å². The van der Waals surface area contributed by atoms with Gasteiger partial charge in [0.1, 0.15) is 0 Å². The Morgan fingerprint density at radius 3 is 2.46 bits per heavy atom. The number of nitrogens with zero attached hydrogens (tertiary/aromatic N) is 5. The van der Waals surface area contributed by atoms with Crippen LogP contribution < -0.4 is 4.74 Å². The van der Waals surface area contributed by atoms with Crippen LogP contribution in [0.15, 0.2) is 12.4 Å². The number of likely N-dealkylation sites (tertiary alicyclic amines) is 1.